The standard InChI is InChI=1S/C21H32N4O4.H2/c1-21(2,3)17-12-29-19(23-17)10-14-4-7-24(8-5-14)20(27)25-9-6-16-15(11-25)22-18(26)13-28-16;/h12,14-16H,4-11,13H2,1-3H3,(H,22,26);1H/t15?,16-;/m1./s1. The van der Waals surface area contributed by atoms with Gasteiger partial charge in [0.2, 0.25) is 5.91 Å². The van der Waals surface area contributed by atoms with Crippen molar-refractivity contribution in [3.8, 4) is 0 Å². The Balaban J connectivity index is 0.00000256. The Hall–Kier alpha value is -2.09. The fraction of sp³-hybridized carbons (Fsp3) is 0.762. The van der Waals surface area contributed by atoms with Crippen LogP contribution >= 0.6 is 0 Å². The van der Waals surface area contributed by atoms with E-state index in [2.05, 4.69) is 31.1 Å². The third-order valence-corrected chi connectivity index (χ3v) is 6.26. The summed E-state index contributed by atoms with van der Waals surface area (Å²) in [6, 6.07) is -0.0126. The minimum absolute atomic E-state index is 0. The van der Waals surface area contributed by atoms with Crippen molar-refractivity contribution in [2.45, 2.75) is 64.0 Å². The number of amides is 3. The van der Waals surface area contributed by atoms with Gasteiger partial charge in [-0.15, -0.1) is 0 Å². The zero-order valence-electron chi connectivity index (χ0n) is 17.6. The van der Waals surface area contributed by atoms with E-state index in [0.717, 1.165) is 50.4 Å². The quantitative estimate of drug-likeness (QED) is 0.813. The molecule has 3 fully saturated rings. The highest BCUT2D eigenvalue weighted by atomic mass is 16.5. The van der Waals surface area contributed by atoms with E-state index in [1.165, 1.54) is 0 Å². The second kappa shape index (κ2) is 7.97. The summed E-state index contributed by atoms with van der Waals surface area (Å²) in [5, 5.41) is 2.96. The molecule has 4 heterocycles. The summed E-state index contributed by atoms with van der Waals surface area (Å²) in [5.74, 6) is 1.19. The number of urea groups is 1. The molecule has 8 nitrogen and oxygen atoms in total. The first kappa shape index (κ1) is 20.2. The fourth-order valence-electron chi connectivity index (χ4n) is 4.40. The topological polar surface area (TPSA) is 87.9 Å². The molecule has 3 aliphatic rings. The molecule has 3 saturated heterocycles. The van der Waals surface area contributed by atoms with Crippen LogP contribution in [0, 0.1) is 5.92 Å². The van der Waals surface area contributed by atoms with Crippen molar-refractivity contribution in [2.24, 2.45) is 5.92 Å². The number of hydrogen-bond acceptors (Lipinski definition) is 5. The SMILES string of the molecule is CC(C)(C)c1coc(CC2CCN(C(=O)N3CC[C@H]4OCC(=O)NC4C3)CC2)n1.[HH]. The maximum atomic E-state index is 13.0. The Kier molecular flexibility index (Phi) is 5.55. The number of carbonyl (C=O) groups excluding carboxylic acids is 2. The summed E-state index contributed by atoms with van der Waals surface area (Å²) in [6.45, 7) is 9.24. The maximum absolute atomic E-state index is 13.0. The summed E-state index contributed by atoms with van der Waals surface area (Å²) in [7, 11) is 0. The van der Waals surface area contributed by atoms with Gasteiger partial charge in [-0.3, -0.25) is 4.79 Å². The van der Waals surface area contributed by atoms with E-state index in [9.17, 15) is 9.59 Å². The van der Waals surface area contributed by atoms with Crippen molar-refractivity contribution in [1.29, 1.82) is 0 Å². The number of fused-ring (bicyclic) bond motifs is 1. The molecule has 0 spiro atoms. The maximum Gasteiger partial charge on any atom is 0.320 e. The highest BCUT2D eigenvalue weighted by Crippen LogP contribution is 2.26. The first-order chi connectivity index (χ1) is 13.8. The number of piperidine rings is 2. The highest BCUT2D eigenvalue weighted by Gasteiger charge is 2.38. The third-order valence-electron chi connectivity index (χ3n) is 6.26. The van der Waals surface area contributed by atoms with Gasteiger partial charge >= 0.3 is 6.03 Å². The van der Waals surface area contributed by atoms with Crippen LogP contribution in [0.15, 0.2) is 10.7 Å². The van der Waals surface area contributed by atoms with Crippen LogP contribution < -0.4 is 5.32 Å². The predicted molar refractivity (Wildman–Crippen MR) is 109 cm³/mol. The largest absolute Gasteiger partial charge is 0.449 e. The number of carbonyl (C=O) groups is 2. The van der Waals surface area contributed by atoms with E-state index >= 15 is 0 Å². The second-order valence-electron chi connectivity index (χ2n) is 9.55. The molecular weight excluding hydrogens is 372 g/mol. The summed E-state index contributed by atoms with van der Waals surface area (Å²) in [6.07, 6.45) is 5.31. The molecule has 1 N–H and O–H groups in total. The first-order valence-corrected chi connectivity index (χ1v) is 10.7. The van der Waals surface area contributed by atoms with Crippen molar-refractivity contribution in [3.63, 3.8) is 0 Å². The van der Waals surface area contributed by atoms with Gasteiger partial charge in [-0.25, -0.2) is 9.78 Å². The molecule has 0 aliphatic carbocycles. The number of rotatable bonds is 2. The van der Waals surface area contributed by atoms with Crippen LogP contribution in [0.2, 0.25) is 0 Å². The van der Waals surface area contributed by atoms with E-state index in [4.69, 9.17) is 9.15 Å². The lowest BCUT2D eigenvalue weighted by Crippen LogP contribution is -2.62. The Morgan fingerprint density at radius 3 is 2.66 bits per heavy atom. The van der Waals surface area contributed by atoms with Gasteiger partial charge in [0.25, 0.3) is 0 Å². The first-order valence-electron chi connectivity index (χ1n) is 10.7. The number of nitrogens with zero attached hydrogens (tertiary/aromatic N) is 3. The van der Waals surface area contributed by atoms with Crippen LogP contribution in [0.4, 0.5) is 4.79 Å². The van der Waals surface area contributed by atoms with Gasteiger partial charge in [0.05, 0.1) is 17.8 Å². The molecule has 1 aromatic heterocycles. The van der Waals surface area contributed by atoms with E-state index in [1.807, 2.05) is 9.80 Å². The smallest absolute Gasteiger partial charge is 0.320 e. The minimum atomic E-state index is -0.0949. The molecule has 3 amide bonds. The van der Waals surface area contributed by atoms with Crippen LogP contribution in [0.1, 0.15) is 53.0 Å². The zero-order valence-corrected chi connectivity index (χ0v) is 17.6. The normalized spacial score (nSPS) is 26.2. The van der Waals surface area contributed by atoms with E-state index in [1.54, 1.807) is 6.26 Å². The minimum Gasteiger partial charge on any atom is -0.449 e. The second-order valence-corrected chi connectivity index (χ2v) is 9.55. The van der Waals surface area contributed by atoms with Crippen molar-refractivity contribution in [3.05, 3.63) is 17.8 Å². The average Bonchev–Trinajstić information content (AvgIpc) is 3.16. The Bertz CT molecular complexity index is 754. The van der Waals surface area contributed by atoms with Crippen LogP contribution in [0.3, 0.4) is 0 Å². The van der Waals surface area contributed by atoms with Crippen LogP contribution in [0.5, 0.6) is 0 Å². The fourth-order valence-corrected chi connectivity index (χ4v) is 4.40. The monoisotopic (exact) mass is 406 g/mol. The summed E-state index contributed by atoms with van der Waals surface area (Å²) < 4.78 is 11.3. The number of oxazole rings is 1. The zero-order chi connectivity index (χ0) is 20.6. The van der Waals surface area contributed by atoms with Crippen LogP contribution in [-0.2, 0) is 21.4 Å². The molecule has 1 aromatic rings. The molecule has 29 heavy (non-hydrogen) atoms. The predicted octanol–water partition coefficient (Wildman–Crippen LogP) is 2.18. The molecule has 0 radical (unpaired) electrons. The summed E-state index contributed by atoms with van der Waals surface area (Å²) in [5.41, 5.74) is 0.982. The van der Waals surface area contributed by atoms with Gasteiger partial charge in [-0.2, -0.15) is 0 Å². The number of hydrogen-bond donors (Lipinski definition) is 1. The molecule has 0 bridgehead atoms. The number of aromatic nitrogens is 1. The molecule has 2 atom stereocenters. The molecule has 1 unspecified atom stereocenters. The lowest BCUT2D eigenvalue weighted by atomic mass is 9.92. The molecule has 0 aromatic carbocycles. The molecule has 3 aliphatic heterocycles. The van der Waals surface area contributed by atoms with Crippen molar-refractivity contribution in [1.82, 2.24) is 20.1 Å². The summed E-state index contributed by atoms with van der Waals surface area (Å²) >= 11 is 0. The summed E-state index contributed by atoms with van der Waals surface area (Å²) in [4.78, 5) is 33.0. The van der Waals surface area contributed by atoms with Gasteiger partial charge in [-0.05, 0) is 25.2 Å². The van der Waals surface area contributed by atoms with Crippen molar-refractivity contribution >= 4 is 11.9 Å². The van der Waals surface area contributed by atoms with Crippen LogP contribution in [0.25, 0.3) is 0 Å². The van der Waals surface area contributed by atoms with Crippen molar-refractivity contribution in [2.75, 3.05) is 32.8 Å². The van der Waals surface area contributed by atoms with Crippen molar-refractivity contribution < 1.29 is 20.2 Å². The van der Waals surface area contributed by atoms with Crippen LogP contribution in [-0.4, -0.2) is 71.7 Å². The van der Waals surface area contributed by atoms with Gasteiger partial charge in [-0.1, -0.05) is 20.8 Å². The van der Waals surface area contributed by atoms with Gasteiger partial charge in [0.15, 0.2) is 5.89 Å². The number of nitrogens with one attached hydrogen (secondary N) is 1. The average molecular weight is 407 g/mol. The third kappa shape index (κ3) is 4.57. The van der Waals surface area contributed by atoms with Gasteiger partial charge in [0.1, 0.15) is 12.9 Å². The number of ether oxygens (including phenoxy) is 1. The van der Waals surface area contributed by atoms with E-state index in [-0.39, 0.29) is 37.5 Å². The lowest BCUT2D eigenvalue weighted by Gasteiger charge is -2.43. The Labute approximate surface area is 173 Å². The highest BCUT2D eigenvalue weighted by molar-refractivity contribution is 5.79. The van der Waals surface area contributed by atoms with Gasteiger partial charge < -0.3 is 24.3 Å². The van der Waals surface area contributed by atoms with E-state index in [0.29, 0.717) is 19.0 Å². The molecular formula is C21H34N4O4. The van der Waals surface area contributed by atoms with Gasteiger partial charge in [0, 0.05) is 39.4 Å². The number of likely N-dealkylation sites (tertiary alicyclic amines) is 2. The molecule has 4 rings (SSSR count). The van der Waals surface area contributed by atoms with E-state index < -0.39 is 0 Å². The number of morpholine rings is 1. The lowest BCUT2D eigenvalue weighted by molar-refractivity contribution is -0.139. The molecule has 8 heteroatoms. The molecule has 162 valence electrons. The molecule has 0 saturated carbocycles. The Morgan fingerprint density at radius 1 is 1.24 bits per heavy atom. The Morgan fingerprint density at radius 2 is 1.97 bits per heavy atom.